The van der Waals surface area contributed by atoms with E-state index in [1.165, 1.54) is 0 Å². The number of rotatable bonds is 5. The highest BCUT2D eigenvalue weighted by molar-refractivity contribution is 9.10. The Labute approximate surface area is 132 Å². The number of hydrogen-bond acceptors (Lipinski definition) is 3. The first-order valence-electron chi connectivity index (χ1n) is 6.94. The Morgan fingerprint density at radius 2 is 2.24 bits per heavy atom. The highest BCUT2D eigenvalue weighted by atomic mass is 79.9. The second kappa shape index (κ2) is 7.04. The Hall–Kier alpha value is -1.40. The van der Waals surface area contributed by atoms with E-state index in [1.54, 1.807) is 0 Å². The molecule has 1 heterocycles. The Kier molecular flexibility index (Phi) is 5.36. The molecule has 6 heteroatoms. The van der Waals surface area contributed by atoms with Crippen molar-refractivity contribution >= 4 is 33.5 Å². The van der Waals surface area contributed by atoms with E-state index in [1.807, 2.05) is 30.0 Å². The summed E-state index contributed by atoms with van der Waals surface area (Å²) in [5.74, 6) is -0.688. The fourth-order valence-corrected chi connectivity index (χ4v) is 3.18. The highest BCUT2D eigenvalue weighted by Crippen LogP contribution is 2.24. The Morgan fingerprint density at radius 1 is 1.48 bits per heavy atom. The topological polar surface area (TPSA) is 69.6 Å². The quantitative estimate of drug-likeness (QED) is 0.852. The van der Waals surface area contributed by atoms with E-state index in [2.05, 4.69) is 21.2 Å². The third kappa shape index (κ3) is 4.82. The first-order valence-corrected chi connectivity index (χ1v) is 7.73. The molecule has 0 spiro atoms. The molecular formula is C15H19BrN2O3. The van der Waals surface area contributed by atoms with Gasteiger partial charge in [-0.2, -0.15) is 0 Å². The summed E-state index contributed by atoms with van der Waals surface area (Å²) in [6, 6.07) is 5.77. The van der Waals surface area contributed by atoms with E-state index >= 15 is 0 Å². The molecule has 1 aliphatic heterocycles. The van der Waals surface area contributed by atoms with Crippen molar-refractivity contribution in [1.82, 2.24) is 4.90 Å². The number of amides is 1. The fraction of sp³-hybridized carbons (Fsp3) is 0.467. The Bertz CT molecular complexity index is 548. The number of carboxylic acid groups (broad SMARTS) is 1. The molecule has 1 unspecified atom stereocenters. The lowest BCUT2D eigenvalue weighted by Crippen LogP contribution is -2.31. The molecule has 114 valence electrons. The van der Waals surface area contributed by atoms with E-state index < -0.39 is 5.97 Å². The average molecular weight is 355 g/mol. The summed E-state index contributed by atoms with van der Waals surface area (Å²) in [6.07, 6.45) is 1.02. The number of carbonyl (C=O) groups is 2. The van der Waals surface area contributed by atoms with Crippen molar-refractivity contribution in [1.29, 1.82) is 0 Å². The first-order chi connectivity index (χ1) is 9.94. The lowest BCUT2D eigenvalue weighted by atomic mass is 10.1. The molecule has 5 nitrogen and oxygen atoms in total. The van der Waals surface area contributed by atoms with Crippen LogP contribution >= 0.6 is 15.9 Å². The van der Waals surface area contributed by atoms with Gasteiger partial charge in [-0.1, -0.05) is 6.07 Å². The molecule has 0 aromatic heterocycles. The zero-order chi connectivity index (χ0) is 15.4. The number of likely N-dealkylation sites (tertiary alicyclic amines) is 1. The summed E-state index contributed by atoms with van der Waals surface area (Å²) in [5.41, 5.74) is 1.88. The van der Waals surface area contributed by atoms with Gasteiger partial charge in [0.2, 0.25) is 5.91 Å². The van der Waals surface area contributed by atoms with Crippen LogP contribution in [-0.4, -0.2) is 41.5 Å². The molecule has 1 saturated heterocycles. The van der Waals surface area contributed by atoms with Crippen LogP contribution in [0.1, 0.15) is 18.4 Å². The molecule has 1 amide bonds. The molecule has 2 N–H and O–H groups in total. The number of aryl methyl sites for hydroxylation is 1. The first kappa shape index (κ1) is 16.0. The largest absolute Gasteiger partial charge is 0.481 e. The molecule has 1 aromatic carbocycles. The van der Waals surface area contributed by atoms with Gasteiger partial charge in [0.1, 0.15) is 0 Å². The number of benzene rings is 1. The van der Waals surface area contributed by atoms with Gasteiger partial charge >= 0.3 is 5.97 Å². The normalized spacial score (nSPS) is 18.7. The van der Waals surface area contributed by atoms with Crippen molar-refractivity contribution in [2.75, 3.05) is 25.0 Å². The van der Waals surface area contributed by atoms with Crippen molar-refractivity contribution in [3.8, 4) is 0 Å². The molecule has 1 aromatic rings. The Balaban J connectivity index is 1.84. The monoisotopic (exact) mass is 354 g/mol. The maximum absolute atomic E-state index is 12.0. The van der Waals surface area contributed by atoms with E-state index in [4.69, 9.17) is 5.11 Å². The Morgan fingerprint density at radius 3 is 2.90 bits per heavy atom. The maximum atomic E-state index is 12.0. The van der Waals surface area contributed by atoms with Gasteiger partial charge in [-0.05, 0) is 59.4 Å². The zero-order valence-corrected chi connectivity index (χ0v) is 13.5. The van der Waals surface area contributed by atoms with Crippen LogP contribution in [-0.2, 0) is 9.59 Å². The fourth-order valence-electron chi connectivity index (χ4n) is 2.58. The average Bonchev–Trinajstić information content (AvgIpc) is 2.79. The number of carbonyl (C=O) groups excluding carboxylic acids is 1. The minimum atomic E-state index is -0.769. The van der Waals surface area contributed by atoms with Crippen molar-refractivity contribution in [2.24, 2.45) is 5.92 Å². The molecule has 2 rings (SSSR count). The van der Waals surface area contributed by atoms with E-state index in [0.29, 0.717) is 13.1 Å². The molecule has 1 fully saturated rings. The number of carboxylic acids is 1. The van der Waals surface area contributed by atoms with Gasteiger partial charge in [0.25, 0.3) is 0 Å². The van der Waals surface area contributed by atoms with Crippen LogP contribution in [0.15, 0.2) is 22.7 Å². The predicted molar refractivity (Wildman–Crippen MR) is 84.3 cm³/mol. The molecule has 21 heavy (non-hydrogen) atoms. The lowest BCUT2D eigenvalue weighted by Gasteiger charge is -2.16. The van der Waals surface area contributed by atoms with E-state index in [-0.39, 0.29) is 18.2 Å². The molecule has 0 aliphatic carbocycles. The summed E-state index contributed by atoms with van der Waals surface area (Å²) < 4.78 is 0.862. The summed E-state index contributed by atoms with van der Waals surface area (Å²) in [6.45, 7) is 3.74. The van der Waals surface area contributed by atoms with E-state index in [0.717, 1.165) is 28.7 Å². The summed E-state index contributed by atoms with van der Waals surface area (Å²) in [7, 11) is 0. The minimum Gasteiger partial charge on any atom is -0.481 e. The van der Waals surface area contributed by atoms with Crippen LogP contribution in [0.5, 0.6) is 0 Å². The van der Waals surface area contributed by atoms with Gasteiger partial charge in [-0.15, -0.1) is 0 Å². The van der Waals surface area contributed by atoms with Crippen LogP contribution in [0, 0.1) is 12.8 Å². The second-order valence-corrected chi connectivity index (χ2v) is 6.37. The van der Waals surface area contributed by atoms with Crippen LogP contribution in [0.3, 0.4) is 0 Å². The van der Waals surface area contributed by atoms with Gasteiger partial charge in [-0.3, -0.25) is 14.5 Å². The SMILES string of the molecule is Cc1ccc(NC(=O)CN2CCC(CC(=O)O)C2)c(Br)c1. The summed E-state index contributed by atoms with van der Waals surface area (Å²) in [5, 5.41) is 11.7. The number of aliphatic carboxylic acids is 1. The molecule has 0 saturated carbocycles. The van der Waals surface area contributed by atoms with E-state index in [9.17, 15) is 9.59 Å². The number of anilines is 1. The maximum Gasteiger partial charge on any atom is 0.303 e. The van der Waals surface area contributed by atoms with Crippen LogP contribution in [0.2, 0.25) is 0 Å². The number of hydrogen-bond donors (Lipinski definition) is 2. The second-order valence-electron chi connectivity index (χ2n) is 5.52. The minimum absolute atomic E-state index is 0.0736. The number of nitrogens with one attached hydrogen (secondary N) is 1. The van der Waals surface area contributed by atoms with Crippen molar-refractivity contribution < 1.29 is 14.7 Å². The van der Waals surface area contributed by atoms with Gasteiger partial charge < -0.3 is 10.4 Å². The molecule has 0 radical (unpaired) electrons. The summed E-state index contributed by atoms with van der Waals surface area (Å²) in [4.78, 5) is 24.7. The van der Waals surface area contributed by atoms with Crippen LogP contribution in [0.4, 0.5) is 5.69 Å². The molecule has 0 bridgehead atoms. The third-order valence-corrected chi connectivity index (χ3v) is 4.26. The standard InChI is InChI=1S/C15H19BrN2O3/c1-10-2-3-13(12(16)6-10)17-14(19)9-18-5-4-11(8-18)7-15(20)21/h2-3,6,11H,4-5,7-9H2,1H3,(H,17,19)(H,20,21). The zero-order valence-electron chi connectivity index (χ0n) is 11.9. The number of nitrogens with zero attached hydrogens (tertiary/aromatic N) is 1. The van der Waals surface area contributed by atoms with Crippen LogP contribution in [0.25, 0.3) is 0 Å². The smallest absolute Gasteiger partial charge is 0.303 e. The summed E-state index contributed by atoms with van der Waals surface area (Å²) >= 11 is 3.43. The van der Waals surface area contributed by atoms with Gasteiger partial charge in [-0.25, -0.2) is 0 Å². The lowest BCUT2D eigenvalue weighted by molar-refractivity contribution is -0.138. The van der Waals surface area contributed by atoms with Gasteiger partial charge in [0.05, 0.1) is 12.2 Å². The molecule has 1 atom stereocenters. The number of halogens is 1. The highest BCUT2D eigenvalue weighted by Gasteiger charge is 2.25. The van der Waals surface area contributed by atoms with Crippen LogP contribution < -0.4 is 5.32 Å². The van der Waals surface area contributed by atoms with Crippen molar-refractivity contribution in [2.45, 2.75) is 19.8 Å². The predicted octanol–water partition coefficient (Wildman–Crippen LogP) is 2.49. The molecular weight excluding hydrogens is 336 g/mol. The van der Waals surface area contributed by atoms with Crippen molar-refractivity contribution in [3.63, 3.8) is 0 Å². The molecule has 1 aliphatic rings. The van der Waals surface area contributed by atoms with Gasteiger partial charge in [0, 0.05) is 17.4 Å². The van der Waals surface area contributed by atoms with Gasteiger partial charge in [0.15, 0.2) is 0 Å². The third-order valence-electron chi connectivity index (χ3n) is 3.60. The van der Waals surface area contributed by atoms with Crippen molar-refractivity contribution in [3.05, 3.63) is 28.2 Å².